The van der Waals surface area contributed by atoms with Crippen LogP contribution in [-0.4, -0.2) is 43.1 Å². The van der Waals surface area contributed by atoms with Gasteiger partial charge in [0.25, 0.3) is 0 Å². The number of benzene rings is 1. The summed E-state index contributed by atoms with van der Waals surface area (Å²) in [4.78, 5) is 24.7. The van der Waals surface area contributed by atoms with Crippen molar-refractivity contribution in [1.29, 1.82) is 0 Å². The number of amides is 3. The Hall–Kier alpha value is -2.09. The highest BCUT2D eigenvalue weighted by molar-refractivity contribution is 6.30. The number of rotatable bonds is 5. The first-order valence-corrected chi connectivity index (χ1v) is 7.24. The number of nitrogens with one attached hydrogen (secondary N) is 2. The number of ether oxygens (including phenoxy) is 1. The molecule has 0 aromatic heterocycles. The Balaban J connectivity index is 1.91. The number of halogens is 3. The molecule has 0 aliphatic carbocycles. The maximum absolute atomic E-state index is 12.4. The third-order valence-corrected chi connectivity index (χ3v) is 3.59. The van der Waals surface area contributed by atoms with Crippen molar-refractivity contribution < 1.29 is 23.1 Å². The quantitative estimate of drug-likeness (QED) is 0.855. The molecular formula is C14H16ClF2N3O3. The van der Waals surface area contributed by atoms with E-state index >= 15 is 0 Å². The molecule has 0 bridgehead atoms. The Bertz CT molecular complexity index is 601. The lowest BCUT2D eigenvalue weighted by molar-refractivity contribution is -0.126. The van der Waals surface area contributed by atoms with Gasteiger partial charge in [-0.1, -0.05) is 11.6 Å². The van der Waals surface area contributed by atoms with Crippen molar-refractivity contribution in [2.24, 2.45) is 0 Å². The maximum Gasteiger partial charge on any atom is 0.387 e. The average molecular weight is 348 g/mol. The van der Waals surface area contributed by atoms with Crippen molar-refractivity contribution in [2.75, 3.05) is 13.6 Å². The van der Waals surface area contributed by atoms with Gasteiger partial charge in [0.05, 0.1) is 6.04 Å². The summed E-state index contributed by atoms with van der Waals surface area (Å²) in [6, 6.07) is 3.40. The third kappa shape index (κ3) is 4.95. The zero-order chi connectivity index (χ0) is 17.0. The first-order valence-electron chi connectivity index (χ1n) is 6.86. The second kappa shape index (κ2) is 7.45. The number of urea groups is 1. The van der Waals surface area contributed by atoms with Gasteiger partial charge in [0.15, 0.2) is 0 Å². The number of alkyl halides is 2. The van der Waals surface area contributed by atoms with Gasteiger partial charge in [-0.3, -0.25) is 4.79 Å². The van der Waals surface area contributed by atoms with Gasteiger partial charge in [-0.05, 0) is 18.2 Å². The Labute approximate surface area is 136 Å². The van der Waals surface area contributed by atoms with E-state index in [9.17, 15) is 18.4 Å². The largest absolute Gasteiger partial charge is 0.434 e. The number of likely N-dealkylation sites (tertiary alicyclic amines) is 1. The molecule has 126 valence electrons. The molecule has 6 nitrogen and oxygen atoms in total. The number of nitrogens with zero attached hydrogens (tertiary/aromatic N) is 1. The molecule has 1 aliphatic rings. The van der Waals surface area contributed by atoms with Crippen LogP contribution in [0.4, 0.5) is 13.6 Å². The highest BCUT2D eigenvalue weighted by Gasteiger charge is 2.27. The van der Waals surface area contributed by atoms with E-state index in [4.69, 9.17) is 11.6 Å². The minimum absolute atomic E-state index is 0.0368. The summed E-state index contributed by atoms with van der Waals surface area (Å²) >= 11 is 5.82. The van der Waals surface area contributed by atoms with Crippen LogP contribution in [0.1, 0.15) is 12.0 Å². The van der Waals surface area contributed by atoms with Crippen molar-refractivity contribution in [2.45, 2.75) is 25.6 Å². The van der Waals surface area contributed by atoms with Crippen LogP contribution in [0.25, 0.3) is 0 Å². The molecule has 0 spiro atoms. The molecule has 1 aliphatic heterocycles. The zero-order valence-corrected chi connectivity index (χ0v) is 13.1. The Morgan fingerprint density at radius 2 is 2.26 bits per heavy atom. The van der Waals surface area contributed by atoms with E-state index in [-0.39, 0.29) is 30.7 Å². The summed E-state index contributed by atoms with van der Waals surface area (Å²) in [6.07, 6.45) is 0.237. The maximum atomic E-state index is 12.4. The van der Waals surface area contributed by atoms with Crippen LogP contribution in [0, 0.1) is 0 Å². The van der Waals surface area contributed by atoms with E-state index in [1.807, 2.05) is 0 Å². The van der Waals surface area contributed by atoms with Crippen LogP contribution in [0.15, 0.2) is 18.2 Å². The molecule has 9 heteroatoms. The SMILES string of the molecule is CN1C[C@@H](NC(=O)NCc2cc(Cl)ccc2OC(F)F)CC1=O. The van der Waals surface area contributed by atoms with Crippen LogP contribution in [0.2, 0.25) is 5.02 Å². The average Bonchev–Trinajstić information content (AvgIpc) is 2.77. The van der Waals surface area contributed by atoms with Gasteiger partial charge in [0.2, 0.25) is 5.91 Å². The number of likely N-dealkylation sites (N-methyl/N-ethyl adjacent to an activating group) is 1. The molecule has 2 N–H and O–H groups in total. The van der Waals surface area contributed by atoms with E-state index in [0.29, 0.717) is 17.1 Å². The van der Waals surface area contributed by atoms with Crippen LogP contribution >= 0.6 is 11.6 Å². The molecule has 1 heterocycles. The molecule has 0 radical (unpaired) electrons. The smallest absolute Gasteiger partial charge is 0.387 e. The lowest BCUT2D eigenvalue weighted by Gasteiger charge is -2.15. The summed E-state index contributed by atoms with van der Waals surface area (Å²) < 4.78 is 29.1. The van der Waals surface area contributed by atoms with Crippen LogP contribution in [0.3, 0.4) is 0 Å². The first-order chi connectivity index (χ1) is 10.8. The molecule has 0 saturated carbocycles. The van der Waals surface area contributed by atoms with Crippen molar-refractivity contribution >= 4 is 23.5 Å². The van der Waals surface area contributed by atoms with Gasteiger partial charge >= 0.3 is 12.6 Å². The minimum Gasteiger partial charge on any atom is -0.434 e. The van der Waals surface area contributed by atoms with Crippen LogP contribution in [0.5, 0.6) is 5.75 Å². The number of carbonyl (C=O) groups excluding carboxylic acids is 2. The van der Waals surface area contributed by atoms with Gasteiger partial charge in [-0.2, -0.15) is 8.78 Å². The van der Waals surface area contributed by atoms with Gasteiger partial charge < -0.3 is 20.3 Å². The molecule has 23 heavy (non-hydrogen) atoms. The summed E-state index contributed by atoms with van der Waals surface area (Å²) in [6.45, 7) is -2.57. The second-order valence-corrected chi connectivity index (χ2v) is 5.57. The van der Waals surface area contributed by atoms with Gasteiger partial charge in [-0.15, -0.1) is 0 Å². The van der Waals surface area contributed by atoms with E-state index < -0.39 is 12.6 Å². The van der Waals surface area contributed by atoms with Gasteiger partial charge in [0, 0.05) is 37.1 Å². The van der Waals surface area contributed by atoms with E-state index in [2.05, 4.69) is 15.4 Å². The second-order valence-electron chi connectivity index (χ2n) is 5.13. The normalized spacial score (nSPS) is 17.5. The Morgan fingerprint density at radius 3 is 2.87 bits per heavy atom. The zero-order valence-electron chi connectivity index (χ0n) is 12.3. The van der Waals surface area contributed by atoms with E-state index in [1.54, 1.807) is 7.05 Å². The van der Waals surface area contributed by atoms with Crippen molar-refractivity contribution in [1.82, 2.24) is 15.5 Å². The highest BCUT2D eigenvalue weighted by atomic mass is 35.5. The predicted molar refractivity (Wildman–Crippen MR) is 79.5 cm³/mol. The highest BCUT2D eigenvalue weighted by Crippen LogP contribution is 2.24. The summed E-state index contributed by atoms with van der Waals surface area (Å²) in [5, 5.41) is 5.52. The van der Waals surface area contributed by atoms with Crippen molar-refractivity contribution in [3.63, 3.8) is 0 Å². The lowest BCUT2D eigenvalue weighted by Crippen LogP contribution is -2.42. The standard InChI is InChI=1S/C14H16ClF2N3O3/c1-20-7-10(5-12(20)21)19-14(22)18-6-8-4-9(15)2-3-11(8)23-13(16)17/h2-4,10,13H,5-7H2,1H3,(H2,18,19,22)/t10-/m0/s1. The molecule has 1 aromatic rings. The topological polar surface area (TPSA) is 70.7 Å². The fraction of sp³-hybridized carbons (Fsp3) is 0.429. The summed E-state index contributed by atoms with van der Waals surface area (Å²) in [5.41, 5.74) is 0.326. The monoisotopic (exact) mass is 347 g/mol. The molecule has 1 fully saturated rings. The number of carbonyl (C=O) groups is 2. The molecular weight excluding hydrogens is 332 g/mol. The predicted octanol–water partition coefficient (Wildman–Crippen LogP) is 1.97. The Kier molecular flexibility index (Phi) is 5.59. The first kappa shape index (κ1) is 17.3. The summed E-state index contributed by atoms with van der Waals surface area (Å²) in [5.74, 6) is -0.0989. The molecule has 1 atom stereocenters. The van der Waals surface area contributed by atoms with E-state index in [0.717, 1.165) is 0 Å². The fourth-order valence-electron chi connectivity index (χ4n) is 2.27. The minimum atomic E-state index is -2.97. The van der Waals surface area contributed by atoms with E-state index in [1.165, 1.54) is 23.1 Å². The van der Waals surface area contributed by atoms with Gasteiger partial charge in [0.1, 0.15) is 5.75 Å². The molecule has 2 rings (SSSR count). The van der Waals surface area contributed by atoms with Crippen LogP contribution < -0.4 is 15.4 Å². The van der Waals surface area contributed by atoms with Crippen molar-refractivity contribution in [3.05, 3.63) is 28.8 Å². The molecule has 0 unspecified atom stereocenters. The van der Waals surface area contributed by atoms with Crippen molar-refractivity contribution in [3.8, 4) is 5.75 Å². The molecule has 3 amide bonds. The third-order valence-electron chi connectivity index (χ3n) is 3.35. The fourth-order valence-corrected chi connectivity index (χ4v) is 2.46. The summed E-state index contributed by atoms with van der Waals surface area (Å²) in [7, 11) is 1.65. The number of hydrogen-bond donors (Lipinski definition) is 2. The molecule has 1 aromatic carbocycles. The van der Waals surface area contributed by atoms with Crippen LogP contribution in [-0.2, 0) is 11.3 Å². The molecule has 1 saturated heterocycles. The Morgan fingerprint density at radius 1 is 1.52 bits per heavy atom. The lowest BCUT2D eigenvalue weighted by atomic mass is 10.2. The number of hydrogen-bond acceptors (Lipinski definition) is 3. The van der Waals surface area contributed by atoms with Gasteiger partial charge in [-0.25, -0.2) is 4.79 Å².